The molecule has 1 N–H and O–H groups in total. The number of alkyl halides is 1. The highest BCUT2D eigenvalue weighted by molar-refractivity contribution is 6.42. The van der Waals surface area contributed by atoms with E-state index >= 15 is 4.39 Å². The number of aryl methyl sites for hydroxylation is 1. The number of ketones is 1. The highest BCUT2D eigenvalue weighted by atomic mass is 35.5. The predicted octanol–water partition coefficient (Wildman–Crippen LogP) is 4.58. The van der Waals surface area contributed by atoms with Crippen molar-refractivity contribution in [3.8, 4) is 0 Å². The molecule has 126 valence electrons. The van der Waals surface area contributed by atoms with Crippen LogP contribution in [0.25, 0.3) is 0 Å². The molecule has 1 heterocycles. The quantitative estimate of drug-likeness (QED) is 0.859. The maximum Gasteiger partial charge on any atom is 0.195 e. The van der Waals surface area contributed by atoms with Gasteiger partial charge in [-0.25, -0.2) is 4.39 Å². The number of Topliss-reactive ketones (excluding diaryl/α,β-unsaturated/α-hetero) is 1. The van der Waals surface area contributed by atoms with E-state index in [2.05, 4.69) is 4.98 Å². The van der Waals surface area contributed by atoms with E-state index in [1.807, 2.05) is 0 Å². The molecule has 2 atom stereocenters. The number of fused-ring (bicyclic) bond motifs is 1. The van der Waals surface area contributed by atoms with Crippen molar-refractivity contribution in [1.82, 2.24) is 4.98 Å². The summed E-state index contributed by atoms with van der Waals surface area (Å²) >= 11 is 12.1. The predicted molar refractivity (Wildman–Crippen MR) is 91.0 cm³/mol. The van der Waals surface area contributed by atoms with Crippen molar-refractivity contribution in [3.63, 3.8) is 0 Å². The third-order valence-corrected chi connectivity index (χ3v) is 5.30. The molecule has 0 fully saturated rings. The first-order valence-electron chi connectivity index (χ1n) is 7.72. The highest BCUT2D eigenvalue weighted by Crippen LogP contribution is 2.43. The second-order valence-corrected chi connectivity index (χ2v) is 6.71. The number of carbonyl (C=O) groups excluding carboxylic acids is 1. The third kappa shape index (κ3) is 3.06. The minimum atomic E-state index is -2.12. The van der Waals surface area contributed by atoms with Gasteiger partial charge in [-0.15, -0.1) is 0 Å². The van der Waals surface area contributed by atoms with Crippen LogP contribution in [-0.4, -0.2) is 15.9 Å². The molecule has 0 unspecified atom stereocenters. The normalized spacial score (nSPS) is 22.9. The first-order chi connectivity index (χ1) is 11.4. The highest BCUT2D eigenvalue weighted by Gasteiger charge is 2.45. The van der Waals surface area contributed by atoms with Crippen molar-refractivity contribution >= 4 is 29.0 Å². The van der Waals surface area contributed by atoms with Gasteiger partial charge in [-0.2, -0.15) is 0 Å². The molecular formula is C18H16Cl2FNO2. The van der Waals surface area contributed by atoms with Crippen molar-refractivity contribution in [2.45, 2.75) is 37.5 Å². The fraction of sp³-hybridized carbons (Fsp3) is 0.333. The van der Waals surface area contributed by atoms with Crippen LogP contribution in [0.4, 0.5) is 4.39 Å². The molecule has 1 aromatic carbocycles. The molecular weight excluding hydrogens is 352 g/mol. The van der Waals surface area contributed by atoms with Gasteiger partial charge in [0.2, 0.25) is 0 Å². The van der Waals surface area contributed by atoms with Crippen molar-refractivity contribution in [2.75, 3.05) is 0 Å². The lowest BCUT2D eigenvalue weighted by Gasteiger charge is -2.32. The van der Waals surface area contributed by atoms with Gasteiger partial charge in [-0.05, 0) is 37.0 Å². The molecule has 24 heavy (non-hydrogen) atoms. The van der Waals surface area contributed by atoms with Crippen molar-refractivity contribution in [3.05, 3.63) is 63.4 Å². The van der Waals surface area contributed by atoms with Crippen molar-refractivity contribution < 1.29 is 14.3 Å². The lowest BCUT2D eigenvalue weighted by molar-refractivity contribution is -0.133. The summed E-state index contributed by atoms with van der Waals surface area (Å²) in [5, 5.41) is 10.8. The first-order valence-corrected chi connectivity index (χ1v) is 8.47. The molecule has 0 bridgehead atoms. The Bertz CT molecular complexity index is 783. The summed E-state index contributed by atoms with van der Waals surface area (Å²) in [6, 6.07) is 8.28. The number of pyridine rings is 1. The van der Waals surface area contributed by atoms with Gasteiger partial charge >= 0.3 is 0 Å². The second-order valence-electron chi connectivity index (χ2n) is 5.93. The van der Waals surface area contributed by atoms with E-state index in [1.165, 1.54) is 12.3 Å². The molecule has 3 nitrogen and oxygen atoms in total. The molecule has 0 spiro atoms. The number of aromatic nitrogens is 1. The van der Waals surface area contributed by atoms with Crippen LogP contribution in [0.15, 0.2) is 36.5 Å². The number of benzene rings is 1. The molecule has 0 saturated heterocycles. The standard InChI is InChI=1S/C18H16Cl2FNO2/c19-13-5-1-3-11(16(13)20)6-7-15(24)18(21)9-8-14(23)17-12(18)4-2-10-22-17/h1-5,10,14,23H,6-9H2/t14-,18-/m1/s1. The fourth-order valence-corrected chi connectivity index (χ4v) is 3.52. The zero-order valence-corrected chi connectivity index (χ0v) is 14.3. The number of halogens is 3. The van der Waals surface area contributed by atoms with Gasteiger partial charge in [0, 0.05) is 18.2 Å². The van der Waals surface area contributed by atoms with Crippen LogP contribution in [0.1, 0.15) is 42.2 Å². The first kappa shape index (κ1) is 17.3. The number of aliphatic hydroxyl groups excluding tert-OH is 1. The van der Waals surface area contributed by atoms with Gasteiger partial charge < -0.3 is 5.11 Å². The van der Waals surface area contributed by atoms with E-state index < -0.39 is 17.6 Å². The maximum absolute atomic E-state index is 15.5. The summed E-state index contributed by atoms with van der Waals surface area (Å²) in [4.78, 5) is 16.6. The Morgan fingerprint density at radius 3 is 2.92 bits per heavy atom. The van der Waals surface area contributed by atoms with E-state index in [0.717, 1.165) is 0 Å². The summed E-state index contributed by atoms with van der Waals surface area (Å²) in [5.41, 5.74) is -0.983. The summed E-state index contributed by atoms with van der Waals surface area (Å²) in [6.45, 7) is 0. The molecule has 0 saturated carbocycles. The van der Waals surface area contributed by atoms with Gasteiger partial charge in [0.1, 0.15) is 0 Å². The van der Waals surface area contributed by atoms with Crippen LogP contribution in [0.3, 0.4) is 0 Å². The molecule has 2 aromatic rings. The number of rotatable bonds is 4. The van der Waals surface area contributed by atoms with Gasteiger partial charge in [-0.3, -0.25) is 9.78 Å². The zero-order chi connectivity index (χ0) is 17.3. The smallest absolute Gasteiger partial charge is 0.195 e. The summed E-state index contributed by atoms with van der Waals surface area (Å²) in [7, 11) is 0. The number of hydrogen-bond donors (Lipinski definition) is 1. The van der Waals surface area contributed by atoms with Crippen LogP contribution in [0, 0.1) is 0 Å². The van der Waals surface area contributed by atoms with E-state index in [-0.39, 0.29) is 30.5 Å². The summed E-state index contributed by atoms with van der Waals surface area (Å²) < 4.78 is 15.5. The molecule has 1 aliphatic carbocycles. The fourth-order valence-electron chi connectivity index (χ4n) is 3.10. The zero-order valence-electron chi connectivity index (χ0n) is 12.8. The molecule has 1 aromatic heterocycles. The number of carbonyl (C=O) groups is 1. The molecule has 0 radical (unpaired) electrons. The van der Waals surface area contributed by atoms with Gasteiger partial charge in [0.25, 0.3) is 0 Å². The minimum Gasteiger partial charge on any atom is -0.387 e. The van der Waals surface area contributed by atoms with Gasteiger partial charge in [0.15, 0.2) is 11.5 Å². The average molecular weight is 368 g/mol. The third-order valence-electron chi connectivity index (χ3n) is 4.44. The number of aliphatic hydroxyl groups is 1. The Morgan fingerprint density at radius 1 is 1.33 bits per heavy atom. The lowest BCUT2D eigenvalue weighted by Crippen LogP contribution is -2.36. The molecule has 0 aliphatic heterocycles. The molecule has 6 heteroatoms. The Labute approximate surface area is 149 Å². The van der Waals surface area contributed by atoms with E-state index in [4.69, 9.17) is 23.2 Å². The Kier molecular flexibility index (Phi) is 4.90. The molecule has 3 rings (SSSR count). The average Bonchev–Trinajstić information content (AvgIpc) is 2.59. The topological polar surface area (TPSA) is 50.2 Å². The van der Waals surface area contributed by atoms with Gasteiger partial charge in [0.05, 0.1) is 21.8 Å². The van der Waals surface area contributed by atoms with E-state index in [9.17, 15) is 9.90 Å². The van der Waals surface area contributed by atoms with Crippen molar-refractivity contribution in [2.24, 2.45) is 0 Å². The largest absolute Gasteiger partial charge is 0.387 e. The monoisotopic (exact) mass is 367 g/mol. The van der Waals surface area contributed by atoms with Crippen LogP contribution < -0.4 is 0 Å². The van der Waals surface area contributed by atoms with E-state index in [1.54, 1.807) is 24.3 Å². The lowest BCUT2D eigenvalue weighted by atomic mass is 9.77. The van der Waals surface area contributed by atoms with Gasteiger partial charge in [-0.1, -0.05) is 41.4 Å². The SMILES string of the molecule is O=C(CCc1cccc(Cl)c1Cl)[C@@]1(F)CC[C@@H](O)c2ncccc21. The Balaban J connectivity index is 1.82. The molecule has 1 aliphatic rings. The van der Waals surface area contributed by atoms with Crippen LogP contribution in [0.2, 0.25) is 10.0 Å². The van der Waals surface area contributed by atoms with Crippen LogP contribution in [0.5, 0.6) is 0 Å². The number of nitrogens with zero attached hydrogens (tertiary/aromatic N) is 1. The minimum absolute atomic E-state index is 0.000984. The van der Waals surface area contributed by atoms with E-state index in [0.29, 0.717) is 22.0 Å². The van der Waals surface area contributed by atoms with Crippen molar-refractivity contribution in [1.29, 1.82) is 0 Å². The van der Waals surface area contributed by atoms with Crippen LogP contribution in [-0.2, 0) is 16.9 Å². The second kappa shape index (κ2) is 6.79. The Hall–Kier alpha value is -1.49. The summed E-state index contributed by atoms with van der Waals surface area (Å²) in [5.74, 6) is -0.528. The Morgan fingerprint density at radius 2 is 2.12 bits per heavy atom. The molecule has 0 amide bonds. The maximum atomic E-state index is 15.5. The summed E-state index contributed by atoms with van der Waals surface area (Å²) in [6.07, 6.45) is 1.09. The number of hydrogen-bond acceptors (Lipinski definition) is 3. The van der Waals surface area contributed by atoms with Crippen LogP contribution >= 0.6 is 23.2 Å².